The van der Waals surface area contributed by atoms with Crippen LogP contribution in [-0.2, 0) is 4.74 Å². The smallest absolute Gasteiger partial charge is 0.162 e. The quantitative estimate of drug-likeness (QED) is 0.573. The summed E-state index contributed by atoms with van der Waals surface area (Å²) >= 11 is 0. The van der Waals surface area contributed by atoms with E-state index in [1.165, 1.54) is 0 Å². The van der Waals surface area contributed by atoms with Crippen molar-refractivity contribution < 1.29 is 4.74 Å². The molecule has 0 unspecified atom stereocenters. The molecule has 6 nitrogen and oxygen atoms in total. The number of nitrogens with two attached hydrogens (primary N) is 1. The first-order chi connectivity index (χ1) is 7.99. The number of ether oxygens (including phenoxy) is 1. The summed E-state index contributed by atoms with van der Waals surface area (Å²) in [6, 6.07) is 0. The maximum atomic E-state index is 7.64. The zero-order valence-corrected chi connectivity index (χ0v) is 10.7. The maximum Gasteiger partial charge on any atom is 0.162 e. The lowest BCUT2D eigenvalue weighted by Gasteiger charge is -2.21. The van der Waals surface area contributed by atoms with Crippen LogP contribution in [0.1, 0.15) is 16.8 Å². The summed E-state index contributed by atoms with van der Waals surface area (Å²) in [5.74, 6) is 0.636. The number of aromatic nitrogens is 2. The molecule has 1 aromatic rings. The van der Waals surface area contributed by atoms with Gasteiger partial charge < -0.3 is 15.4 Å². The molecule has 6 heteroatoms. The van der Waals surface area contributed by atoms with Crippen molar-refractivity contribution in [3.63, 3.8) is 0 Å². The Kier molecular flexibility index (Phi) is 4.39. The fraction of sp³-hybridized carbons (Fsp3) is 0.545. The summed E-state index contributed by atoms with van der Waals surface area (Å²) in [6.45, 7) is 5.01. The van der Waals surface area contributed by atoms with Crippen molar-refractivity contribution in [1.82, 2.24) is 10.2 Å². The number of likely N-dealkylation sites (N-methyl/N-ethyl adjacent to an activating group) is 1. The van der Waals surface area contributed by atoms with E-state index < -0.39 is 0 Å². The van der Waals surface area contributed by atoms with Crippen LogP contribution in [0.2, 0.25) is 0 Å². The lowest BCUT2D eigenvalue weighted by atomic mass is 10.1. The standard InChI is InChI=1S/C11H19N5O/c1-7-8(2)14-15-11(9(7)10(12)13)16(3)5-6-17-4/h5-6H2,1-4H3,(H3,12,13). The van der Waals surface area contributed by atoms with Gasteiger partial charge in [-0.2, -0.15) is 5.10 Å². The van der Waals surface area contributed by atoms with Crippen LogP contribution in [-0.4, -0.2) is 43.3 Å². The average molecular weight is 237 g/mol. The minimum Gasteiger partial charge on any atom is -0.384 e. The molecule has 0 aliphatic carbocycles. The number of anilines is 1. The summed E-state index contributed by atoms with van der Waals surface area (Å²) in [4.78, 5) is 1.89. The number of nitrogens with zero attached hydrogens (tertiary/aromatic N) is 3. The molecule has 0 saturated carbocycles. The van der Waals surface area contributed by atoms with E-state index in [9.17, 15) is 0 Å². The van der Waals surface area contributed by atoms with E-state index in [0.29, 0.717) is 24.5 Å². The van der Waals surface area contributed by atoms with Gasteiger partial charge in [0.2, 0.25) is 0 Å². The molecular weight excluding hydrogens is 218 g/mol. The second-order valence-corrected chi connectivity index (χ2v) is 3.94. The van der Waals surface area contributed by atoms with Crippen LogP contribution in [0.5, 0.6) is 0 Å². The summed E-state index contributed by atoms with van der Waals surface area (Å²) in [7, 11) is 3.52. The number of hydrogen-bond acceptors (Lipinski definition) is 5. The van der Waals surface area contributed by atoms with Gasteiger partial charge in [0.15, 0.2) is 5.82 Å². The Morgan fingerprint density at radius 3 is 2.59 bits per heavy atom. The van der Waals surface area contributed by atoms with Crippen molar-refractivity contribution in [2.24, 2.45) is 5.73 Å². The molecular formula is C11H19N5O. The highest BCUT2D eigenvalue weighted by molar-refractivity contribution is 6.01. The van der Waals surface area contributed by atoms with Crippen LogP contribution in [0.3, 0.4) is 0 Å². The van der Waals surface area contributed by atoms with Crippen LogP contribution >= 0.6 is 0 Å². The van der Waals surface area contributed by atoms with Crippen molar-refractivity contribution in [2.45, 2.75) is 13.8 Å². The molecule has 0 aromatic carbocycles. The summed E-state index contributed by atoms with van der Waals surface area (Å²) < 4.78 is 5.01. The fourth-order valence-electron chi connectivity index (χ4n) is 1.52. The molecule has 1 aromatic heterocycles. The SMILES string of the molecule is COCCN(C)c1nnc(C)c(C)c1C(=N)N. The number of nitrogen functional groups attached to an aromatic ring is 1. The van der Waals surface area contributed by atoms with Crippen LogP contribution < -0.4 is 10.6 Å². The number of aryl methyl sites for hydroxylation is 1. The molecule has 0 saturated heterocycles. The molecule has 0 fully saturated rings. The van der Waals surface area contributed by atoms with Crippen molar-refractivity contribution in [1.29, 1.82) is 5.41 Å². The van der Waals surface area contributed by atoms with E-state index in [1.54, 1.807) is 7.11 Å². The maximum absolute atomic E-state index is 7.64. The highest BCUT2D eigenvalue weighted by Gasteiger charge is 2.16. The molecule has 0 spiro atoms. The second kappa shape index (κ2) is 5.58. The number of rotatable bonds is 5. The number of amidine groups is 1. The highest BCUT2D eigenvalue weighted by Crippen LogP contribution is 2.20. The third kappa shape index (κ3) is 2.91. The van der Waals surface area contributed by atoms with Gasteiger partial charge in [-0.05, 0) is 19.4 Å². The van der Waals surface area contributed by atoms with Gasteiger partial charge >= 0.3 is 0 Å². The van der Waals surface area contributed by atoms with E-state index >= 15 is 0 Å². The minimum atomic E-state index is 0.0137. The van der Waals surface area contributed by atoms with Crippen molar-refractivity contribution in [3.8, 4) is 0 Å². The molecule has 0 aliphatic rings. The number of hydrogen-bond donors (Lipinski definition) is 2. The Morgan fingerprint density at radius 1 is 1.41 bits per heavy atom. The van der Waals surface area contributed by atoms with Crippen LogP contribution in [0.15, 0.2) is 0 Å². The normalized spacial score (nSPS) is 10.4. The van der Waals surface area contributed by atoms with Gasteiger partial charge in [-0.3, -0.25) is 5.41 Å². The molecule has 0 atom stereocenters. The fourth-order valence-corrected chi connectivity index (χ4v) is 1.52. The van der Waals surface area contributed by atoms with Gasteiger partial charge in [-0.15, -0.1) is 5.10 Å². The lowest BCUT2D eigenvalue weighted by molar-refractivity contribution is 0.206. The molecule has 0 bridgehead atoms. The van der Waals surface area contributed by atoms with E-state index in [-0.39, 0.29) is 5.84 Å². The first-order valence-corrected chi connectivity index (χ1v) is 5.37. The topological polar surface area (TPSA) is 88.1 Å². The van der Waals surface area contributed by atoms with E-state index in [4.69, 9.17) is 15.9 Å². The molecule has 94 valence electrons. The van der Waals surface area contributed by atoms with Crippen molar-refractivity contribution >= 4 is 11.7 Å². The molecule has 17 heavy (non-hydrogen) atoms. The van der Waals surface area contributed by atoms with E-state index in [2.05, 4.69) is 10.2 Å². The molecule has 0 amide bonds. The van der Waals surface area contributed by atoms with Gasteiger partial charge in [0.1, 0.15) is 5.84 Å². The molecule has 0 radical (unpaired) electrons. The van der Waals surface area contributed by atoms with Crippen molar-refractivity contribution in [2.75, 3.05) is 32.2 Å². The van der Waals surface area contributed by atoms with Gasteiger partial charge in [0, 0.05) is 20.7 Å². The van der Waals surface area contributed by atoms with Gasteiger partial charge in [-0.1, -0.05) is 0 Å². The van der Waals surface area contributed by atoms with Gasteiger partial charge in [-0.25, -0.2) is 0 Å². The van der Waals surface area contributed by atoms with E-state index in [0.717, 1.165) is 11.3 Å². The first kappa shape index (κ1) is 13.4. The third-order valence-electron chi connectivity index (χ3n) is 2.70. The van der Waals surface area contributed by atoms with Gasteiger partial charge in [0.05, 0.1) is 17.9 Å². The zero-order chi connectivity index (χ0) is 13.0. The minimum absolute atomic E-state index is 0.0137. The highest BCUT2D eigenvalue weighted by atomic mass is 16.5. The molecule has 1 heterocycles. The van der Waals surface area contributed by atoms with Crippen LogP contribution in [0.4, 0.5) is 5.82 Å². The Morgan fingerprint density at radius 2 is 2.06 bits per heavy atom. The number of methoxy groups -OCH3 is 1. The molecule has 3 N–H and O–H groups in total. The van der Waals surface area contributed by atoms with Crippen LogP contribution in [0.25, 0.3) is 0 Å². The Hall–Kier alpha value is -1.69. The summed E-state index contributed by atoms with van der Waals surface area (Å²) in [5.41, 5.74) is 7.94. The van der Waals surface area contributed by atoms with E-state index in [1.807, 2.05) is 25.8 Å². The van der Waals surface area contributed by atoms with Crippen molar-refractivity contribution in [3.05, 3.63) is 16.8 Å². The third-order valence-corrected chi connectivity index (χ3v) is 2.70. The van der Waals surface area contributed by atoms with Gasteiger partial charge in [0.25, 0.3) is 0 Å². The first-order valence-electron chi connectivity index (χ1n) is 5.37. The zero-order valence-electron chi connectivity index (χ0n) is 10.7. The lowest BCUT2D eigenvalue weighted by Crippen LogP contribution is -2.28. The Balaban J connectivity index is 3.15. The summed E-state index contributed by atoms with van der Waals surface area (Å²) in [5, 5.41) is 15.8. The average Bonchev–Trinajstić information content (AvgIpc) is 2.28. The molecule has 1 rings (SSSR count). The Bertz CT molecular complexity index is 419. The summed E-state index contributed by atoms with van der Waals surface area (Å²) in [6.07, 6.45) is 0. The predicted octanol–water partition coefficient (Wildman–Crippen LogP) is 0.460. The second-order valence-electron chi connectivity index (χ2n) is 3.94. The monoisotopic (exact) mass is 237 g/mol. The Labute approximate surface area is 101 Å². The largest absolute Gasteiger partial charge is 0.384 e. The van der Waals surface area contributed by atoms with Crippen LogP contribution in [0, 0.1) is 19.3 Å². The predicted molar refractivity (Wildman–Crippen MR) is 67.7 cm³/mol. The number of nitrogens with one attached hydrogen (secondary N) is 1. The molecule has 0 aliphatic heterocycles.